The molecule has 3 nitrogen and oxygen atoms in total. The van der Waals surface area contributed by atoms with E-state index in [1.54, 1.807) is 12.5 Å². The molecule has 0 bridgehead atoms. The summed E-state index contributed by atoms with van der Waals surface area (Å²) in [5, 5.41) is 3.17. The second kappa shape index (κ2) is 4.38. The number of nitrogens with one attached hydrogen (secondary N) is 1. The fourth-order valence-electron chi connectivity index (χ4n) is 2.13. The van der Waals surface area contributed by atoms with Crippen molar-refractivity contribution in [1.82, 2.24) is 14.9 Å². The molecule has 1 aliphatic rings. The largest absolute Gasteiger partial charge is 0.416 e. The van der Waals surface area contributed by atoms with Crippen LogP contribution in [-0.2, 0) is 6.18 Å². The van der Waals surface area contributed by atoms with Crippen LogP contribution in [0.3, 0.4) is 0 Å². The molecule has 0 aliphatic carbocycles. The molecule has 100 valence electrons. The number of hydrogen-bond donors (Lipinski definition) is 1. The van der Waals surface area contributed by atoms with Gasteiger partial charge >= 0.3 is 6.18 Å². The van der Waals surface area contributed by atoms with E-state index < -0.39 is 11.7 Å². The molecule has 0 spiro atoms. The molecule has 0 unspecified atom stereocenters. The highest BCUT2D eigenvalue weighted by molar-refractivity contribution is 5.38. The lowest BCUT2D eigenvalue weighted by atomic mass is 9.99. The van der Waals surface area contributed by atoms with E-state index in [0.29, 0.717) is 11.6 Å². The summed E-state index contributed by atoms with van der Waals surface area (Å²) in [5.41, 5.74) is 1.09. The molecule has 0 saturated carbocycles. The van der Waals surface area contributed by atoms with Crippen molar-refractivity contribution in [3.8, 4) is 5.69 Å². The Morgan fingerprint density at radius 3 is 2.37 bits per heavy atom. The van der Waals surface area contributed by atoms with Gasteiger partial charge in [0.15, 0.2) is 0 Å². The Labute approximate surface area is 108 Å². The number of benzene rings is 1. The van der Waals surface area contributed by atoms with Crippen molar-refractivity contribution in [2.45, 2.75) is 12.1 Å². The van der Waals surface area contributed by atoms with Crippen molar-refractivity contribution in [2.75, 3.05) is 13.1 Å². The van der Waals surface area contributed by atoms with Crippen molar-refractivity contribution >= 4 is 0 Å². The highest BCUT2D eigenvalue weighted by Crippen LogP contribution is 2.30. The van der Waals surface area contributed by atoms with E-state index in [0.717, 1.165) is 30.9 Å². The van der Waals surface area contributed by atoms with Crippen LogP contribution in [0.15, 0.2) is 36.8 Å². The molecule has 1 N–H and O–H groups in total. The molecule has 1 aromatic carbocycles. The molecular formula is C13H12F3N3. The van der Waals surface area contributed by atoms with Crippen LogP contribution in [0.1, 0.15) is 17.2 Å². The number of halogens is 3. The maximum absolute atomic E-state index is 12.5. The van der Waals surface area contributed by atoms with Crippen molar-refractivity contribution in [3.05, 3.63) is 48.0 Å². The lowest BCUT2D eigenvalue weighted by Crippen LogP contribution is -2.40. The summed E-state index contributed by atoms with van der Waals surface area (Å²) in [5.74, 6) is 0.379. The van der Waals surface area contributed by atoms with Gasteiger partial charge in [-0.2, -0.15) is 13.2 Å². The van der Waals surface area contributed by atoms with Crippen molar-refractivity contribution in [3.63, 3.8) is 0 Å². The van der Waals surface area contributed by atoms with Crippen LogP contribution in [-0.4, -0.2) is 22.6 Å². The van der Waals surface area contributed by atoms with Crippen LogP contribution in [0.5, 0.6) is 0 Å². The Bertz CT molecular complexity index is 568. The molecule has 0 amide bonds. The van der Waals surface area contributed by atoms with E-state index >= 15 is 0 Å². The third-order valence-electron chi connectivity index (χ3n) is 3.34. The van der Waals surface area contributed by atoms with E-state index in [2.05, 4.69) is 10.3 Å². The Kier molecular flexibility index (Phi) is 2.82. The maximum Gasteiger partial charge on any atom is 0.416 e. The standard InChI is InChI=1S/C13H12F3N3/c14-13(15,16)10-1-3-11(4-2-10)19-8-18-7-12(19)9-5-17-6-9/h1-4,7-9,17H,5-6H2. The van der Waals surface area contributed by atoms with Gasteiger partial charge in [-0.1, -0.05) is 0 Å². The second-order valence-electron chi connectivity index (χ2n) is 4.59. The van der Waals surface area contributed by atoms with E-state index in [4.69, 9.17) is 0 Å². The zero-order valence-electron chi connectivity index (χ0n) is 9.98. The highest BCUT2D eigenvalue weighted by atomic mass is 19.4. The first-order valence-corrected chi connectivity index (χ1v) is 5.96. The van der Waals surface area contributed by atoms with Gasteiger partial charge in [0.1, 0.15) is 0 Å². The topological polar surface area (TPSA) is 29.9 Å². The predicted octanol–water partition coefficient (Wildman–Crippen LogP) is 2.58. The highest BCUT2D eigenvalue weighted by Gasteiger charge is 2.30. The van der Waals surface area contributed by atoms with Crippen molar-refractivity contribution in [1.29, 1.82) is 0 Å². The van der Waals surface area contributed by atoms with Crippen LogP contribution in [0.2, 0.25) is 0 Å². The van der Waals surface area contributed by atoms with Gasteiger partial charge in [0.05, 0.1) is 11.9 Å². The number of imidazole rings is 1. The predicted molar refractivity (Wildman–Crippen MR) is 64.2 cm³/mol. The Balaban J connectivity index is 1.92. The first kappa shape index (κ1) is 12.2. The van der Waals surface area contributed by atoms with Crippen LogP contribution in [0.4, 0.5) is 13.2 Å². The van der Waals surface area contributed by atoms with E-state index in [-0.39, 0.29) is 0 Å². The third kappa shape index (κ3) is 2.23. The van der Waals surface area contributed by atoms with Crippen LogP contribution in [0.25, 0.3) is 5.69 Å². The first-order chi connectivity index (χ1) is 9.05. The lowest BCUT2D eigenvalue weighted by Gasteiger charge is -2.27. The van der Waals surface area contributed by atoms with E-state index in [9.17, 15) is 13.2 Å². The molecule has 1 aromatic heterocycles. The maximum atomic E-state index is 12.5. The zero-order chi connectivity index (χ0) is 13.5. The summed E-state index contributed by atoms with van der Waals surface area (Å²) in [6, 6.07) is 5.14. The fourth-order valence-corrected chi connectivity index (χ4v) is 2.13. The Morgan fingerprint density at radius 2 is 1.84 bits per heavy atom. The molecule has 1 saturated heterocycles. The molecule has 0 radical (unpaired) electrons. The molecule has 2 heterocycles. The number of rotatable bonds is 2. The van der Waals surface area contributed by atoms with Gasteiger partial charge in [-0.3, -0.25) is 0 Å². The molecule has 2 aromatic rings. The number of hydrogen-bond acceptors (Lipinski definition) is 2. The number of nitrogens with zero attached hydrogens (tertiary/aromatic N) is 2. The minimum Gasteiger partial charge on any atom is -0.315 e. The molecule has 1 fully saturated rings. The minimum atomic E-state index is -4.30. The molecule has 6 heteroatoms. The molecule has 0 atom stereocenters. The lowest BCUT2D eigenvalue weighted by molar-refractivity contribution is -0.137. The van der Waals surface area contributed by atoms with Crippen LogP contribution < -0.4 is 5.32 Å². The Hall–Kier alpha value is -1.82. The molecular weight excluding hydrogens is 255 g/mol. The van der Waals surface area contributed by atoms with Gasteiger partial charge in [0.2, 0.25) is 0 Å². The van der Waals surface area contributed by atoms with Gasteiger partial charge in [0.25, 0.3) is 0 Å². The summed E-state index contributed by atoms with van der Waals surface area (Å²) < 4.78 is 39.4. The molecule has 3 rings (SSSR count). The van der Waals surface area contributed by atoms with Crippen molar-refractivity contribution < 1.29 is 13.2 Å². The summed E-state index contributed by atoms with van der Waals surface area (Å²) in [7, 11) is 0. The van der Waals surface area contributed by atoms with E-state index in [1.807, 2.05) is 4.57 Å². The summed E-state index contributed by atoms with van der Waals surface area (Å²) in [4.78, 5) is 4.09. The second-order valence-corrected chi connectivity index (χ2v) is 4.59. The minimum absolute atomic E-state index is 0.379. The van der Waals surface area contributed by atoms with Crippen LogP contribution in [0, 0.1) is 0 Å². The zero-order valence-corrected chi connectivity index (χ0v) is 9.98. The van der Waals surface area contributed by atoms with E-state index in [1.165, 1.54) is 12.1 Å². The first-order valence-electron chi connectivity index (χ1n) is 5.96. The quantitative estimate of drug-likeness (QED) is 0.906. The van der Waals surface area contributed by atoms with Gasteiger partial charge in [-0.25, -0.2) is 4.98 Å². The molecule has 19 heavy (non-hydrogen) atoms. The average molecular weight is 267 g/mol. The monoisotopic (exact) mass is 267 g/mol. The summed E-state index contributed by atoms with van der Waals surface area (Å²) in [6.07, 6.45) is -0.895. The van der Waals surface area contributed by atoms with Gasteiger partial charge in [0, 0.05) is 36.6 Å². The SMILES string of the molecule is FC(F)(F)c1ccc(-n2cncc2C2CNC2)cc1. The molecule has 1 aliphatic heterocycles. The third-order valence-corrected chi connectivity index (χ3v) is 3.34. The van der Waals surface area contributed by atoms with Crippen LogP contribution >= 0.6 is 0 Å². The normalized spacial score (nSPS) is 16.4. The van der Waals surface area contributed by atoms with Gasteiger partial charge in [-0.15, -0.1) is 0 Å². The smallest absolute Gasteiger partial charge is 0.315 e. The van der Waals surface area contributed by atoms with Gasteiger partial charge < -0.3 is 9.88 Å². The average Bonchev–Trinajstić information content (AvgIpc) is 2.75. The number of aromatic nitrogens is 2. The Morgan fingerprint density at radius 1 is 1.16 bits per heavy atom. The van der Waals surface area contributed by atoms with Crippen molar-refractivity contribution in [2.24, 2.45) is 0 Å². The summed E-state index contributed by atoms with van der Waals surface area (Å²) >= 11 is 0. The fraction of sp³-hybridized carbons (Fsp3) is 0.308. The van der Waals surface area contributed by atoms with Gasteiger partial charge in [-0.05, 0) is 24.3 Å². The summed E-state index contributed by atoms with van der Waals surface area (Å²) in [6.45, 7) is 1.76. The number of alkyl halides is 3.